The van der Waals surface area contributed by atoms with Crippen LogP contribution in [0.3, 0.4) is 0 Å². The molecule has 0 aliphatic heterocycles. The van der Waals surface area contributed by atoms with Gasteiger partial charge in [0.15, 0.2) is 0 Å². The molecule has 0 unspecified atom stereocenters. The molecule has 3 rings (SSSR count). The topological polar surface area (TPSA) is 103 Å². The highest BCUT2D eigenvalue weighted by Crippen LogP contribution is 2.36. The number of nitrogens with two attached hydrogens (primary N) is 1. The van der Waals surface area contributed by atoms with E-state index in [1.54, 1.807) is 25.3 Å². The van der Waals surface area contributed by atoms with Gasteiger partial charge in [-0.1, -0.05) is 30.3 Å². The zero-order valence-electron chi connectivity index (χ0n) is 13.9. The standard InChI is InChI=1S/C18H17N5O2/c1-11(24)20-13-8-9-14(15(10-13)25-2)17-16(21-18(19)23-22-17)12-6-4-3-5-7-12/h3-10H,1-2H3,(H,20,24)(H2,19,21,23). The number of amides is 1. The second-order valence-electron chi connectivity index (χ2n) is 5.33. The number of methoxy groups -OCH3 is 1. The number of aromatic nitrogens is 3. The number of nitrogens with zero attached hydrogens (tertiary/aromatic N) is 3. The fraction of sp³-hybridized carbons (Fsp3) is 0.111. The first-order chi connectivity index (χ1) is 12.1. The first-order valence-electron chi connectivity index (χ1n) is 7.60. The van der Waals surface area contributed by atoms with Crippen molar-refractivity contribution >= 4 is 17.5 Å². The van der Waals surface area contributed by atoms with E-state index < -0.39 is 0 Å². The van der Waals surface area contributed by atoms with Gasteiger partial charge >= 0.3 is 0 Å². The minimum atomic E-state index is -0.159. The molecule has 1 aromatic heterocycles. The van der Waals surface area contributed by atoms with Crippen LogP contribution in [-0.4, -0.2) is 28.2 Å². The number of nitrogen functional groups attached to an aromatic ring is 1. The van der Waals surface area contributed by atoms with Gasteiger partial charge in [-0.3, -0.25) is 4.79 Å². The molecule has 0 aliphatic rings. The monoisotopic (exact) mass is 335 g/mol. The van der Waals surface area contributed by atoms with E-state index in [-0.39, 0.29) is 11.9 Å². The second-order valence-corrected chi connectivity index (χ2v) is 5.33. The predicted molar refractivity (Wildman–Crippen MR) is 96.0 cm³/mol. The molecule has 0 atom stereocenters. The van der Waals surface area contributed by atoms with E-state index in [1.807, 2.05) is 30.3 Å². The summed E-state index contributed by atoms with van der Waals surface area (Å²) in [4.78, 5) is 15.6. The molecule has 0 spiro atoms. The van der Waals surface area contributed by atoms with Crippen molar-refractivity contribution in [3.8, 4) is 28.3 Å². The smallest absolute Gasteiger partial charge is 0.240 e. The van der Waals surface area contributed by atoms with E-state index in [2.05, 4.69) is 20.5 Å². The third-order valence-corrected chi connectivity index (χ3v) is 3.53. The van der Waals surface area contributed by atoms with Gasteiger partial charge in [0.2, 0.25) is 11.9 Å². The second kappa shape index (κ2) is 6.96. The Balaban J connectivity index is 2.15. The zero-order chi connectivity index (χ0) is 17.8. The number of carbonyl (C=O) groups excluding carboxylic acids is 1. The summed E-state index contributed by atoms with van der Waals surface area (Å²) >= 11 is 0. The Kier molecular flexibility index (Phi) is 4.56. The van der Waals surface area contributed by atoms with Crippen LogP contribution in [0.2, 0.25) is 0 Å². The molecule has 0 fully saturated rings. The summed E-state index contributed by atoms with van der Waals surface area (Å²) in [5, 5.41) is 10.8. The third kappa shape index (κ3) is 3.55. The molecule has 3 aromatic rings. The minimum Gasteiger partial charge on any atom is -0.496 e. The molecule has 1 heterocycles. The minimum absolute atomic E-state index is 0.0939. The van der Waals surface area contributed by atoms with Crippen molar-refractivity contribution in [3.05, 3.63) is 48.5 Å². The molecule has 0 bridgehead atoms. The van der Waals surface area contributed by atoms with E-state index in [0.29, 0.717) is 28.4 Å². The van der Waals surface area contributed by atoms with Gasteiger partial charge in [-0.2, -0.15) is 0 Å². The third-order valence-electron chi connectivity index (χ3n) is 3.53. The van der Waals surface area contributed by atoms with E-state index in [0.717, 1.165) is 5.56 Å². The lowest BCUT2D eigenvalue weighted by Gasteiger charge is -2.13. The van der Waals surface area contributed by atoms with Crippen LogP contribution in [0.5, 0.6) is 5.75 Å². The van der Waals surface area contributed by atoms with Crippen LogP contribution in [-0.2, 0) is 4.79 Å². The Morgan fingerprint density at radius 1 is 1.08 bits per heavy atom. The summed E-state index contributed by atoms with van der Waals surface area (Å²) in [5.41, 5.74) is 9.09. The maximum Gasteiger partial charge on any atom is 0.240 e. The number of ether oxygens (including phenoxy) is 1. The molecular formula is C18H17N5O2. The molecule has 1 amide bonds. The fourth-order valence-electron chi connectivity index (χ4n) is 2.49. The van der Waals surface area contributed by atoms with Gasteiger partial charge in [-0.25, -0.2) is 4.98 Å². The number of anilines is 2. The van der Waals surface area contributed by atoms with E-state index >= 15 is 0 Å². The van der Waals surface area contributed by atoms with Crippen LogP contribution >= 0.6 is 0 Å². The van der Waals surface area contributed by atoms with Gasteiger partial charge in [0, 0.05) is 29.8 Å². The molecule has 126 valence electrons. The molecular weight excluding hydrogens is 318 g/mol. The summed E-state index contributed by atoms with van der Waals surface area (Å²) in [5.74, 6) is 0.481. The van der Waals surface area contributed by atoms with E-state index in [4.69, 9.17) is 10.5 Å². The SMILES string of the molecule is COc1cc(NC(C)=O)ccc1-c1nnc(N)nc1-c1ccccc1. The van der Waals surface area contributed by atoms with Crippen molar-refractivity contribution in [2.75, 3.05) is 18.2 Å². The summed E-state index contributed by atoms with van der Waals surface area (Å²) in [6, 6.07) is 14.9. The molecule has 2 aromatic carbocycles. The average Bonchev–Trinajstić information content (AvgIpc) is 2.62. The number of hydrogen-bond donors (Lipinski definition) is 2. The first-order valence-corrected chi connectivity index (χ1v) is 7.60. The summed E-state index contributed by atoms with van der Waals surface area (Å²) in [6.07, 6.45) is 0. The number of rotatable bonds is 4. The highest BCUT2D eigenvalue weighted by molar-refractivity contribution is 5.90. The van der Waals surface area contributed by atoms with Gasteiger partial charge in [-0.05, 0) is 12.1 Å². The van der Waals surface area contributed by atoms with Crippen LogP contribution in [0.15, 0.2) is 48.5 Å². The maximum atomic E-state index is 11.2. The lowest BCUT2D eigenvalue weighted by atomic mass is 10.0. The maximum absolute atomic E-state index is 11.2. The van der Waals surface area contributed by atoms with Crippen molar-refractivity contribution in [2.45, 2.75) is 6.92 Å². The summed E-state index contributed by atoms with van der Waals surface area (Å²) < 4.78 is 5.46. The predicted octanol–water partition coefficient (Wildman–Crippen LogP) is 2.75. The lowest BCUT2D eigenvalue weighted by Crippen LogP contribution is -2.06. The van der Waals surface area contributed by atoms with Crippen molar-refractivity contribution in [1.82, 2.24) is 15.2 Å². The Labute approximate surface area is 144 Å². The average molecular weight is 335 g/mol. The van der Waals surface area contributed by atoms with E-state index in [9.17, 15) is 4.79 Å². The highest BCUT2D eigenvalue weighted by Gasteiger charge is 2.17. The first kappa shape index (κ1) is 16.4. The van der Waals surface area contributed by atoms with Crippen molar-refractivity contribution in [1.29, 1.82) is 0 Å². The largest absolute Gasteiger partial charge is 0.496 e. The quantitative estimate of drug-likeness (QED) is 0.760. The van der Waals surface area contributed by atoms with E-state index in [1.165, 1.54) is 6.92 Å². The Morgan fingerprint density at radius 2 is 1.84 bits per heavy atom. The molecule has 0 saturated carbocycles. The normalized spacial score (nSPS) is 10.3. The van der Waals surface area contributed by atoms with Gasteiger partial charge in [-0.15, -0.1) is 10.2 Å². The number of benzene rings is 2. The van der Waals surface area contributed by atoms with Crippen LogP contribution in [0, 0.1) is 0 Å². The fourth-order valence-corrected chi connectivity index (χ4v) is 2.49. The molecule has 7 nitrogen and oxygen atoms in total. The summed E-state index contributed by atoms with van der Waals surface area (Å²) in [7, 11) is 1.55. The zero-order valence-corrected chi connectivity index (χ0v) is 13.9. The highest BCUT2D eigenvalue weighted by atomic mass is 16.5. The van der Waals surface area contributed by atoms with Crippen molar-refractivity contribution in [2.24, 2.45) is 0 Å². The van der Waals surface area contributed by atoms with Gasteiger partial charge in [0.1, 0.15) is 17.1 Å². The number of nitrogens with one attached hydrogen (secondary N) is 1. The number of carbonyl (C=O) groups is 1. The Morgan fingerprint density at radius 3 is 2.52 bits per heavy atom. The van der Waals surface area contributed by atoms with Crippen LogP contribution in [0.25, 0.3) is 22.5 Å². The molecule has 0 radical (unpaired) electrons. The summed E-state index contributed by atoms with van der Waals surface area (Å²) in [6.45, 7) is 1.45. The van der Waals surface area contributed by atoms with Crippen LogP contribution in [0.4, 0.5) is 11.6 Å². The van der Waals surface area contributed by atoms with Gasteiger partial charge in [0.25, 0.3) is 0 Å². The molecule has 25 heavy (non-hydrogen) atoms. The lowest BCUT2D eigenvalue weighted by molar-refractivity contribution is -0.114. The van der Waals surface area contributed by atoms with Crippen LogP contribution < -0.4 is 15.8 Å². The molecule has 0 aliphatic carbocycles. The molecule has 3 N–H and O–H groups in total. The Hall–Kier alpha value is -3.48. The van der Waals surface area contributed by atoms with Gasteiger partial charge < -0.3 is 15.8 Å². The molecule has 0 saturated heterocycles. The Bertz CT molecular complexity index is 913. The number of hydrogen-bond acceptors (Lipinski definition) is 6. The van der Waals surface area contributed by atoms with Crippen molar-refractivity contribution < 1.29 is 9.53 Å². The molecule has 7 heteroatoms. The van der Waals surface area contributed by atoms with Gasteiger partial charge in [0.05, 0.1) is 7.11 Å². The van der Waals surface area contributed by atoms with Crippen LogP contribution in [0.1, 0.15) is 6.92 Å². The van der Waals surface area contributed by atoms with Crippen molar-refractivity contribution in [3.63, 3.8) is 0 Å².